The fraction of sp³-hybridized carbons (Fsp3) is 0.375. The zero-order chi connectivity index (χ0) is 20.9. The van der Waals surface area contributed by atoms with Gasteiger partial charge in [0.05, 0.1) is 18.1 Å². The number of carbonyl (C=O) groups is 1. The van der Waals surface area contributed by atoms with Crippen molar-refractivity contribution in [2.45, 2.75) is 37.0 Å². The minimum Gasteiger partial charge on any atom is -0.493 e. The molecular weight excluding hydrogens is 385 g/mol. The number of rotatable bonds is 3. The lowest BCUT2D eigenvalue weighted by molar-refractivity contribution is 0.0218. The molecule has 0 saturated carbocycles. The fourth-order valence-corrected chi connectivity index (χ4v) is 4.94. The first-order valence-corrected chi connectivity index (χ1v) is 10.2. The van der Waals surface area contributed by atoms with Gasteiger partial charge < -0.3 is 19.1 Å². The summed E-state index contributed by atoms with van der Waals surface area (Å²) in [6, 6.07) is 9.48. The van der Waals surface area contributed by atoms with Crippen LogP contribution in [0.3, 0.4) is 0 Å². The molecule has 0 fully saturated rings. The van der Waals surface area contributed by atoms with Crippen molar-refractivity contribution in [3.8, 4) is 11.5 Å². The summed E-state index contributed by atoms with van der Waals surface area (Å²) in [7, 11) is 3.78. The first-order chi connectivity index (χ1) is 14.5. The average molecular weight is 409 g/mol. The Morgan fingerprint density at radius 3 is 2.80 bits per heavy atom. The predicted octanol–water partition coefficient (Wildman–Crippen LogP) is 3.85. The Morgan fingerprint density at radius 1 is 1.23 bits per heavy atom. The number of hydrogen-bond acceptors (Lipinski definition) is 5. The lowest BCUT2D eigenvalue weighted by Gasteiger charge is -2.36. The van der Waals surface area contributed by atoms with E-state index in [-0.39, 0.29) is 17.3 Å². The second-order valence-electron chi connectivity index (χ2n) is 8.31. The van der Waals surface area contributed by atoms with E-state index in [4.69, 9.17) is 14.2 Å². The van der Waals surface area contributed by atoms with E-state index in [0.29, 0.717) is 12.0 Å². The Morgan fingerprint density at radius 2 is 2.03 bits per heavy atom. The van der Waals surface area contributed by atoms with Crippen LogP contribution in [0.15, 0.2) is 48.6 Å². The number of methoxy groups -OCH3 is 1. The highest BCUT2D eigenvalue weighted by molar-refractivity contribution is 5.89. The molecule has 3 atom stereocenters. The molecule has 30 heavy (non-hydrogen) atoms. The van der Waals surface area contributed by atoms with Gasteiger partial charge in [-0.2, -0.15) is 0 Å². The van der Waals surface area contributed by atoms with Crippen molar-refractivity contribution in [3.05, 3.63) is 71.1 Å². The third-order valence-corrected chi connectivity index (χ3v) is 6.47. The standard InChI is InChI=1S/C24H24FNO4/c1-26-12-11-24-10-9-18(29-23(27)15-3-6-17(25)7-4-15)13-20(24)30-22-19(28-2)8-5-16(14-26)21(22)24/h3-10,18,20H,11-14H2,1-2H3/t18-,20-,24-/m0/s1. The van der Waals surface area contributed by atoms with Crippen LogP contribution in [0.2, 0.25) is 0 Å². The second kappa shape index (κ2) is 7.13. The second-order valence-corrected chi connectivity index (χ2v) is 8.31. The van der Waals surface area contributed by atoms with Gasteiger partial charge in [0.15, 0.2) is 11.5 Å². The highest BCUT2D eigenvalue weighted by Gasteiger charge is 2.53. The molecule has 156 valence electrons. The van der Waals surface area contributed by atoms with Crippen LogP contribution in [0.1, 0.15) is 34.3 Å². The lowest BCUT2D eigenvalue weighted by Crippen LogP contribution is -2.43. The number of esters is 1. The summed E-state index contributed by atoms with van der Waals surface area (Å²) in [6.07, 6.45) is 5.09. The number of benzene rings is 2. The van der Waals surface area contributed by atoms with Crippen LogP contribution >= 0.6 is 0 Å². The number of hydrogen-bond donors (Lipinski definition) is 0. The molecule has 0 saturated heterocycles. The highest BCUT2D eigenvalue weighted by atomic mass is 19.1. The molecule has 0 bridgehead atoms. The first-order valence-electron chi connectivity index (χ1n) is 10.2. The van der Waals surface area contributed by atoms with Gasteiger partial charge in [0.2, 0.25) is 0 Å². The van der Waals surface area contributed by atoms with Gasteiger partial charge in [-0.1, -0.05) is 12.1 Å². The van der Waals surface area contributed by atoms with E-state index in [1.54, 1.807) is 7.11 Å². The van der Waals surface area contributed by atoms with Crippen molar-refractivity contribution in [3.63, 3.8) is 0 Å². The number of ether oxygens (including phenoxy) is 3. The van der Waals surface area contributed by atoms with Gasteiger partial charge in [-0.3, -0.25) is 0 Å². The van der Waals surface area contributed by atoms with Gasteiger partial charge in [-0.25, -0.2) is 9.18 Å². The summed E-state index contributed by atoms with van der Waals surface area (Å²) in [5.41, 5.74) is 2.54. The summed E-state index contributed by atoms with van der Waals surface area (Å²) < 4.78 is 30.9. The minimum absolute atomic E-state index is 0.134. The maximum atomic E-state index is 13.1. The number of halogens is 1. The molecule has 0 amide bonds. The van der Waals surface area contributed by atoms with Crippen molar-refractivity contribution >= 4 is 5.97 Å². The van der Waals surface area contributed by atoms with Crippen LogP contribution in [0.4, 0.5) is 4.39 Å². The molecule has 3 aliphatic rings. The number of carbonyl (C=O) groups excluding carboxylic acids is 1. The Hall–Kier alpha value is -2.86. The largest absolute Gasteiger partial charge is 0.493 e. The van der Waals surface area contributed by atoms with E-state index < -0.39 is 12.1 Å². The zero-order valence-corrected chi connectivity index (χ0v) is 17.1. The summed E-state index contributed by atoms with van der Waals surface area (Å²) >= 11 is 0. The van der Waals surface area contributed by atoms with E-state index in [2.05, 4.69) is 24.1 Å². The maximum Gasteiger partial charge on any atom is 0.338 e. The van der Waals surface area contributed by atoms with Crippen molar-refractivity contribution in [2.24, 2.45) is 0 Å². The van der Waals surface area contributed by atoms with Gasteiger partial charge in [0.1, 0.15) is 18.0 Å². The molecule has 5 rings (SSSR count). The van der Waals surface area contributed by atoms with Gasteiger partial charge in [0.25, 0.3) is 0 Å². The van der Waals surface area contributed by atoms with E-state index in [1.165, 1.54) is 35.4 Å². The highest BCUT2D eigenvalue weighted by Crippen LogP contribution is 2.55. The van der Waals surface area contributed by atoms with Gasteiger partial charge in [-0.05, 0) is 62.0 Å². The number of nitrogens with zero attached hydrogens (tertiary/aromatic N) is 1. The van der Waals surface area contributed by atoms with Crippen molar-refractivity contribution < 1.29 is 23.4 Å². The molecule has 2 aliphatic heterocycles. The SMILES string of the molecule is COc1ccc2c3c1O[C@H]1C[C@@H](OC(=O)c4ccc(F)cc4)C=C[C@@]31CCN(C)C2. The van der Waals surface area contributed by atoms with E-state index >= 15 is 0 Å². The van der Waals surface area contributed by atoms with Gasteiger partial charge in [0, 0.05) is 18.5 Å². The Kier molecular flexibility index (Phi) is 4.54. The Balaban J connectivity index is 1.46. The van der Waals surface area contributed by atoms with Gasteiger partial charge >= 0.3 is 5.97 Å². The van der Waals surface area contributed by atoms with Crippen molar-refractivity contribution in [1.29, 1.82) is 0 Å². The maximum absolute atomic E-state index is 13.1. The van der Waals surface area contributed by atoms with Crippen LogP contribution in [0.25, 0.3) is 0 Å². The Labute approximate surface area is 175 Å². The summed E-state index contributed by atoms with van der Waals surface area (Å²) in [5.74, 6) is 0.701. The molecule has 0 aromatic heterocycles. The molecule has 1 aliphatic carbocycles. The average Bonchev–Trinajstić information content (AvgIpc) is 3.00. The molecule has 2 aromatic rings. The van der Waals surface area contributed by atoms with Crippen LogP contribution in [-0.4, -0.2) is 43.8 Å². The molecular formula is C24H24FNO4. The molecule has 2 heterocycles. The normalized spacial score (nSPS) is 26.9. The Bertz CT molecular complexity index is 1020. The molecule has 0 N–H and O–H groups in total. The van der Waals surface area contributed by atoms with E-state index in [0.717, 1.165) is 31.0 Å². The fourth-order valence-electron chi connectivity index (χ4n) is 4.94. The molecule has 0 unspecified atom stereocenters. The molecule has 2 aromatic carbocycles. The molecule has 0 radical (unpaired) electrons. The van der Waals surface area contributed by atoms with Crippen LogP contribution in [0.5, 0.6) is 11.5 Å². The lowest BCUT2D eigenvalue weighted by atomic mass is 9.69. The molecule has 5 nitrogen and oxygen atoms in total. The molecule has 1 spiro atoms. The monoisotopic (exact) mass is 409 g/mol. The smallest absolute Gasteiger partial charge is 0.338 e. The van der Waals surface area contributed by atoms with Crippen molar-refractivity contribution in [2.75, 3.05) is 20.7 Å². The van der Waals surface area contributed by atoms with E-state index in [1.807, 2.05) is 12.1 Å². The summed E-state index contributed by atoms with van der Waals surface area (Å²) in [4.78, 5) is 14.8. The third kappa shape index (κ3) is 2.98. The quantitative estimate of drug-likeness (QED) is 0.569. The third-order valence-electron chi connectivity index (χ3n) is 6.47. The van der Waals surface area contributed by atoms with Gasteiger partial charge in [-0.15, -0.1) is 0 Å². The zero-order valence-electron chi connectivity index (χ0n) is 17.1. The van der Waals surface area contributed by atoms with Crippen LogP contribution in [-0.2, 0) is 16.7 Å². The molecule has 6 heteroatoms. The summed E-state index contributed by atoms with van der Waals surface area (Å²) in [5, 5.41) is 0. The topological polar surface area (TPSA) is 48.0 Å². The minimum atomic E-state index is -0.463. The van der Waals surface area contributed by atoms with Crippen LogP contribution < -0.4 is 9.47 Å². The van der Waals surface area contributed by atoms with Crippen molar-refractivity contribution in [1.82, 2.24) is 4.90 Å². The summed E-state index contributed by atoms with van der Waals surface area (Å²) in [6.45, 7) is 1.81. The predicted molar refractivity (Wildman–Crippen MR) is 109 cm³/mol. The van der Waals surface area contributed by atoms with Crippen LogP contribution in [0, 0.1) is 5.82 Å². The first kappa shape index (κ1) is 19.1. The van der Waals surface area contributed by atoms with E-state index in [9.17, 15) is 9.18 Å².